The minimum atomic E-state index is -4.19. The van der Waals surface area contributed by atoms with E-state index in [2.05, 4.69) is 0 Å². The Hall–Kier alpha value is -0.330. The van der Waals surface area contributed by atoms with Crippen molar-refractivity contribution in [1.29, 1.82) is 0 Å². The average Bonchev–Trinajstić information content (AvgIpc) is 2.89. The standard InChI is InChI=1S/C12H21NO8S/c1-11(2)16-5-6(18-11)7-8(21-22(13,14)15)9-10(17-7)20-12(3,4)19-9/h6-10H,5H2,1-4H3,(H2,13,14,15)/t6-,7-,8+,9-,10-/m1/s1. The zero-order valence-electron chi connectivity index (χ0n) is 12.8. The molecular weight excluding hydrogens is 318 g/mol. The molecule has 0 bridgehead atoms. The van der Waals surface area contributed by atoms with E-state index in [0.717, 1.165) is 0 Å². The van der Waals surface area contributed by atoms with E-state index in [9.17, 15) is 8.42 Å². The predicted octanol–water partition coefficient (Wildman–Crippen LogP) is -0.397. The molecule has 0 unspecified atom stereocenters. The number of fused-ring (bicyclic) bond motifs is 1. The number of hydrogen-bond acceptors (Lipinski definition) is 8. The van der Waals surface area contributed by atoms with E-state index in [1.165, 1.54) is 0 Å². The summed E-state index contributed by atoms with van der Waals surface area (Å²) >= 11 is 0. The van der Waals surface area contributed by atoms with E-state index in [1.54, 1.807) is 27.7 Å². The Labute approximate surface area is 129 Å². The van der Waals surface area contributed by atoms with Crippen LogP contribution in [0.3, 0.4) is 0 Å². The number of rotatable bonds is 3. The van der Waals surface area contributed by atoms with Gasteiger partial charge < -0.3 is 23.7 Å². The van der Waals surface area contributed by atoms with Gasteiger partial charge in [0.15, 0.2) is 17.9 Å². The lowest BCUT2D eigenvalue weighted by atomic mass is 10.1. The van der Waals surface area contributed by atoms with Gasteiger partial charge in [0.25, 0.3) is 0 Å². The lowest BCUT2D eigenvalue weighted by molar-refractivity contribution is -0.230. The van der Waals surface area contributed by atoms with Gasteiger partial charge in [0, 0.05) is 0 Å². The second kappa shape index (κ2) is 5.08. The molecule has 2 N–H and O–H groups in total. The Morgan fingerprint density at radius 1 is 1.05 bits per heavy atom. The molecule has 0 aromatic carbocycles. The van der Waals surface area contributed by atoms with Crippen molar-refractivity contribution < 1.29 is 36.3 Å². The zero-order valence-corrected chi connectivity index (χ0v) is 13.7. The fraction of sp³-hybridized carbons (Fsp3) is 1.00. The van der Waals surface area contributed by atoms with Gasteiger partial charge in [-0.05, 0) is 27.7 Å². The highest BCUT2D eigenvalue weighted by molar-refractivity contribution is 7.84. The van der Waals surface area contributed by atoms with Crippen LogP contribution in [0.25, 0.3) is 0 Å². The normalized spacial score (nSPS) is 43.4. The van der Waals surface area contributed by atoms with Crippen LogP contribution < -0.4 is 5.14 Å². The first-order valence-corrected chi connectivity index (χ1v) is 8.47. The topological polar surface area (TPSA) is 116 Å². The fourth-order valence-corrected chi connectivity index (χ4v) is 3.47. The largest absolute Gasteiger partial charge is 0.348 e. The van der Waals surface area contributed by atoms with E-state index in [0.29, 0.717) is 0 Å². The van der Waals surface area contributed by atoms with Crippen molar-refractivity contribution in [3.8, 4) is 0 Å². The van der Waals surface area contributed by atoms with Crippen LogP contribution in [0.2, 0.25) is 0 Å². The minimum Gasteiger partial charge on any atom is -0.348 e. The SMILES string of the molecule is CC1(C)O[C@H]2O[C@H]([C@H]3COC(C)(C)O3)[C@H](OS(N)(=O)=O)[C@H]2O1. The first kappa shape index (κ1) is 16.5. The monoisotopic (exact) mass is 339 g/mol. The highest BCUT2D eigenvalue weighted by Crippen LogP contribution is 2.42. The average molecular weight is 339 g/mol. The Morgan fingerprint density at radius 3 is 2.27 bits per heavy atom. The van der Waals surface area contributed by atoms with Crippen LogP contribution in [0, 0.1) is 0 Å². The maximum atomic E-state index is 11.4. The van der Waals surface area contributed by atoms with E-state index in [1.807, 2.05) is 0 Å². The molecule has 128 valence electrons. The maximum Gasteiger partial charge on any atom is 0.333 e. The van der Waals surface area contributed by atoms with Crippen molar-refractivity contribution in [3.05, 3.63) is 0 Å². The molecule has 0 aromatic heterocycles. The minimum absolute atomic E-state index is 0.241. The lowest BCUT2D eigenvalue weighted by Gasteiger charge is -2.28. The molecular formula is C12H21NO8S. The summed E-state index contributed by atoms with van der Waals surface area (Å²) in [7, 11) is -4.19. The summed E-state index contributed by atoms with van der Waals surface area (Å²) in [5.41, 5.74) is 0. The van der Waals surface area contributed by atoms with E-state index in [-0.39, 0.29) is 6.61 Å². The van der Waals surface area contributed by atoms with E-state index < -0.39 is 52.6 Å². The van der Waals surface area contributed by atoms with Crippen molar-refractivity contribution in [2.75, 3.05) is 6.61 Å². The van der Waals surface area contributed by atoms with Gasteiger partial charge in [0.05, 0.1) is 6.61 Å². The van der Waals surface area contributed by atoms with Crippen LogP contribution in [0.15, 0.2) is 0 Å². The zero-order chi connectivity index (χ0) is 16.3. The second-order valence-electron chi connectivity index (χ2n) is 6.49. The highest BCUT2D eigenvalue weighted by atomic mass is 32.2. The van der Waals surface area contributed by atoms with Gasteiger partial charge in [-0.1, -0.05) is 0 Å². The van der Waals surface area contributed by atoms with Gasteiger partial charge in [-0.15, -0.1) is 0 Å². The molecule has 3 saturated heterocycles. The van der Waals surface area contributed by atoms with Crippen molar-refractivity contribution in [2.24, 2.45) is 5.14 Å². The molecule has 0 amide bonds. The Balaban J connectivity index is 1.81. The molecule has 0 saturated carbocycles. The molecule has 0 spiro atoms. The summed E-state index contributed by atoms with van der Waals surface area (Å²) < 4.78 is 56.0. The molecule has 3 aliphatic rings. The maximum absolute atomic E-state index is 11.4. The summed E-state index contributed by atoms with van der Waals surface area (Å²) in [6.07, 6.45) is -3.68. The number of nitrogens with two attached hydrogens (primary N) is 1. The summed E-state index contributed by atoms with van der Waals surface area (Å²) in [5, 5.41) is 5.01. The van der Waals surface area contributed by atoms with Gasteiger partial charge in [-0.2, -0.15) is 8.42 Å². The van der Waals surface area contributed by atoms with Crippen LogP contribution in [0.5, 0.6) is 0 Å². The highest BCUT2D eigenvalue weighted by Gasteiger charge is 2.59. The smallest absolute Gasteiger partial charge is 0.333 e. The van der Waals surface area contributed by atoms with Crippen molar-refractivity contribution in [2.45, 2.75) is 70.0 Å². The van der Waals surface area contributed by atoms with Crippen LogP contribution >= 0.6 is 0 Å². The summed E-state index contributed by atoms with van der Waals surface area (Å²) in [4.78, 5) is 0. The molecule has 3 heterocycles. The predicted molar refractivity (Wildman–Crippen MR) is 71.6 cm³/mol. The second-order valence-corrected chi connectivity index (χ2v) is 7.67. The molecule has 3 rings (SSSR count). The molecule has 3 aliphatic heterocycles. The number of ether oxygens (including phenoxy) is 5. The van der Waals surface area contributed by atoms with Crippen molar-refractivity contribution in [1.82, 2.24) is 0 Å². The third-order valence-electron chi connectivity index (χ3n) is 3.67. The summed E-state index contributed by atoms with van der Waals surface area (Å²) in [5.74, 6) is -1.68. The molecule has 9 nitrogen and oxygen atoms in total. The van der Waals surface area contributed by atoms with Crippen LogP contribution in [-0.4, -0.2) is 57.3 Å². The first-order valence-electron chi connectivity index (χ1n) is 7.00. The Bertz CT molecular complexity index is 547. The lowest BCUT2D eigenvalue weighted by Crippen LogP contribution is -2.46. The Kier molecular flexibility index (Phi) is 3.82. The molecule has 3 fully saturated rings. The molecule has 5 atom stereocenters. The quantitative estimate of drug-likeness (QED) is 0.739. The van der Waals surface area contributed by atoms with Gasteiger partial charge in [0.2, 0.25) is 0 Å². The van der Waals surface area contributed by atoms with E-state index in [4.69, 9.17) is 33.0 Å². The molecule has 0 aromatic rings. The first-order chi connectivity index (χ1) is 9.96. The summed E-state index contributed by atoms with van der Waals surface area (Å²) in [6.45, 7) is 7.17. The third-order valence-corrected chi connectivity index (χ3v) is 4.16. The molecule has 0 radical (unpaired) electrons. The van der Waals surface area contributed by atoms with Crippen LogP contribution in [-0.2, 0) is 38.2 Å². The van der Waals surface area contributed by atoms with Gasteiger partial charge in [0.1, 0.15) is 24.4 Å². The number of hydrogen-bond donors (Lipinski definition) is 1. The van der Waals surface area contributed by atoms with Crippen LogP contribution in [0.4, 0.5) is 0 Å². The third kappa shape index (κ3) is 3.29. The molecule has 22 heavy (non-hydrogen) atoms. The van der Waals surface area contributed by atoms with Crippen molar-refractivity contribution >= 4 is 10.3 Å². The van der Waals surface area contributed by atoms with Crippen molar-refractivity contribution in [3.63, 3.8) is 0 Å². The Morgan fingerprint density at radius 2 is 1.73 bits per heavy atom. The van der Waals surface area contributed by atoms with Gasteiger partial charge in [-0.3, -0.25) is 0 Å². The molecule has 10 heteroatoms. The van der Waals surface area contributed by atoms with E-state index >= 15 is 0 Å². The van der Waals surface area contributed by atoms with Gasteiger partial charge in [-0.25, -0.2) is 9.32 Å². The summed E-state index contributed by atoms with van der Waals surface area (Å²) in [6, 6.07) is 0. The van der Waals surface area contributed by atoms with Crippen LogP contribution in [0.1, 0.15) is 27.7 Å². The van der Waals surface area contributed by atoms with Gasteiger partial charge >= 0.3 is 10.3 Å². The molecule has 0 aliphatic carbocycles. The fourth-order valence-electron chi connectivity index (χ4n) is 2.95.